The Morgan fingerprint density at radius 2 is 2.00 bits per heavy atom. The Labute approximate surface area is 149 Å². The van der Waals surface area contributed by atoms with Gasteiger partial charge < -0.3 is 9.73 Å². The summed E-state index contributed by atoms with van der Waals surface area (Å²) in [6, 6.07) is 8.29. The zero-order valence-electron chi connectivity index (χ0n) is 13.7. The lowest BCUT2D eigenvalue weighted by atomic mass is 10.3. The van der Waals surface area contributed by atoms with Crippen LogP contribution >= 0.6 is 11.3 Å². The lowest BCUT2D eigenvalue weighted by Crippen LogP contribution is -2.15. The Morgan fingerprint density at radius 3 is 2.60 bits per heavy atom. The van der Waals surface area contributed by atoms with Crippen molar-refractivity contribution in [3.8, 4) is 10.8 Å². The third kappa shape index (κ3) is 3.59. The SMILES string of the molecule is CCC(C)Nc1oc(-c2cccs2)nc1S(=O)(=O)c1ccc(F)cc1. The molecule has 2 heterocycles. The standard InChI is InChI=1S/C17H17FN2O3S2/c1-3-11(2)19-16-17(20-15(23-16)14-5-4-10-24-14)25(21,22)13-8-6-12(18)7-9-13/h4-11,19H,3H2,1-2H3. The largest absolute Gasteiger partial charge is 0.418 e. The van der Waals surface area contributed by atoms with E-state index in [0.717, 1.165) is 23.4 Å². The summed E-state index contributed by atoms with van der Waals surface area (Å²) in [7, 11) is -3.94. The molecule has 3 aromatic rings. The summed E-state index contributed by atoms with van der Waals surface area (Å²) in [6.45, 7) is 3.89. The Bertz CT molecular complexity index is 948. The Morgan fingerprint density at radius 1 is 1.28 bits per heavy atom. The summed E-state index contributed by atoms with van der Waals surface area (Å²) in [5, 5.41) is 4.72. The number of sulfone groups is 1. The molecule has 0 saturated heterocycles. The minimum atomic E-state index is -3.94. The van der Waals surface area contributed by atoms with Crippen molar-refractivity contribution in [2.45, 2.75) is 36.2 Å². The van der Waals surface area contributed by atoms with Gasteiger partial charge in [-0.25, -0.2) is 12.8 Å². The van der Waals surface area contributed by atoms with Gasteiger partial charge in [0.25, 0.3) is 0 Å². The van der Waals surface area contributed by atoms with Gasteiger partial charge in [0, 0.05) is 6.04 Å². The second-order valence-electron chi connectivity index (χ2n) is 5.54. The first-order valence-corrected chi connectivity index (χ1v) is 10.1. The maximum Gasteiger partial charge on any atom is 0.240 e. The average molecular weight is 380 g/mol. The quantitative estimate of drug-likeness (QED) is 0.634. The lowest BCUT2D eigenvalue weighted by Gasteiger charge is -2.11. The number of benzene rings is 1. The van der Waals surface area contributed by atoms with Gasteiger partial charge in [-0.05, 0) is 49.1 Å². The van der Waals surface area contributed by atoms with Gasteiger partial charge in [0.15, 0.2) is 0 Å². The number of thiophene rings is 1. The first-order valence-electron chi connectivity index (χ1n) is 7.73. The summed E-state index contributed by atoms with van der Waals surface area (Å²) < 4.78 is 44.7. The third-order valence-corrected chi connectivity index (χ3v) is 6.23. The minimum absolute atomic E-state index is 0.00584. The molecule has 132 valence electrons. The van der Waals surface area contributed by atoms with Gasteiger partial charge in [-0.1, -0.05) is 13.0 Å². The monoisotopic (exact) mass is 380 g/mol. The van der Waals surface area contributed by atoms with Crippen LogP contribution in [0.25, 0.3) is 10.8 Å². The molecule has 0 aliphatic rings. The highest BCUT2D eigenvalue weighted by Gasteiger charge is 2.29. The highest BCUT2D eigenvalue weighted by molar-refractivity contribution is 7.91. The van der Waals surface area contributed by atoms with Crippen LogP contribution in [0, 0.1) is 5.82 Å². The van der Waals surface area contributed by atoms with Crippen LogP contribution < -0.4 is 5.32 Å². The Hall–Kier alpha value is -2.19. The van der Waals surface area contributed by atoms with E-state index in [1.807, 2.05) is 25.3 Å². The number of aromatic nitrogens is 1. The summed E-state index contributed by atoms with van der Waals surface area (Å²) in [5.74, 6) is -0.167. The minimum Gasteiger partial charge on any atom is -0.418 e. The summed E-state index contributed by atoms with van der Waals surface area (Å²) in [4.78, 5) is 4.90. The fraction of sp³-hybridized carbons (Fsp3) is 0.235. The number of hydrogen-bond donors (Lipinski definition) is 1. The van der Waals surface area contributed by atoms with E-state index in [2.05, 4.69) is 10.3 Å². The lowest BCUT2D eigenvalue weighted by molar-refractivity contribution is 0.567. The topological polar surface area (TPSA) is 72.2 Å². The van der Waals surface area contributed by atoms with Crippen molar-refractivity contribution < 1.29 is 17.2 Å². The van der Waals surface area contributed by atoms with Crippen LogP contribution in [0.5, 0.6) is 0 Å². The van der Waals surface area contributed by atoms with Crippen LogP contribution in [0.15, 0.2) is 56.1 Å². The molecule has 0 saturated carbocycles. The van der Waals surface area contributed by atoms with Crippen LogP contribution in [-0.4, -0.2) is 19.4 Å². The van der Waals surface area contributed by atoms with Gasteiger partial charge in [0.05, 0.1) is 9.77 Å². The molecular formula is C17H17FN2O3S2. The van der Waals surface area contributed by atoms with Crippen molar-refractivity contribution >= 4 is 27.1 Å². The molecule has 0 fully saturated rings. The van der Waals surface area contributed by atoms with Crippen LogP contribution in [0.2, 0.25) is 0 Å². The van der Waals surface area contributed by atoms with Crippen LogP contribution in [0.3, 0.4) is 0 Å². The van der Waals surface area contributed by atoms with Crippen molar-refractivity contribution in [1.29, 1.82) is 0 Å². The van der Waals surface area contributed by atoms with E-state index < -0.39 is 15.7 Å². The fourth-order valence-corrected chi connectivity index (χ4v) is 4.05. The van der Waals surface area contributed by atoms with E-state index in [0.29, 0.717) is 0 Å². The number of nitrogens with one attached hydrogen (secondary N) is 1. The van der Waals surface area contributed by atoms with Gasteiger partial charge in [-0.2, -0.15) is 4.98 Å². The van der Waals surface area contributed by atoms with E-state index in [1.54, 1.807) is 6.07 Å². The molecule has 0 aliphatic carbocycles. The molecule has 0 spiro atoms. The molecule has 3 rings (SSSR count). The molecular weight excluding hydrogens is 363 g/mol. The zero-order chi connectivity index (χ0) is 18.0. The molecule has 1 atom stereocenters. The molecule has 0 aliphatic heterocycles. The highest BCUT2D eigenvalue weighted by atomic mass is 32.2. The molecule has 0 bridgehead atoms. The van der Waals surface area contributed by atoms with E-state index >= 15 is 0 Å². The second kappa shape index (κ2) is 6.97. The summed E-state index contributed by atoms with van der Waals surface area (Å²) >= 11 is 1.40. The molecule has 1 aromatic carbocycles. The first-order chi connectivity index (χ1) is 11.9. The molecule has 0 amide bonds. The van der Waals surface area contributed by atoms with Gasteiger partial charge in [0.1, 0.15) is 5.82 Å². The van der Waals surface area contributed by atoms with Crippen molar-refractivity contribution in [3.05, 3.63) is 47.6 Å². The fourth-order valence-electron chi connectivity index (χ4n) is 2.14. The molecule has 25 heavy (non-hydrogen) atoms. The van der Waals surface area contributed by atoms with Crippen LogP contribution in [-0.2, 0) is 9.84 Å². The molecule has 2 aromatic heterocycles. The van der Waals surface area contributed by atoms with Crippen molar-refractivity contribution in [1.82, 2.24) is 4.98 Å². The van der Waals surface area contributed by atoms with E-state index in [9.17, 15) is 12.8 Å². The molecule has 0 radical (unpaired) electrons. The number of halogens is 1. The molecule has 1 unspecified atom stereocenters. The predicted molar refractivity (Wildman–Crippen MR) is 95.0 cm³/mol. The van der Waals surface area contributed by atoms with Crippen molar-refractivity contribution in [2.24, 2.45) is 0 Å². The smallest absolute Gasteiger partial charge is 0.240 e. The average Bonchev–Trinajstić information content (AvgIpc) is 3.24. The van der Waals surface area contributed by atoms with Crippen LogP contribution in [0.4, 0.5) is 10.3 Å². The predicted octanol–water partition coefficient (Wildman–Crippen LogP) is 4.59. The number of oxazole rings is 1. The number of rotatable bonds is 6. The maximum atomic E-state index is 13.1. The molecule has 1 N–H and O–H groups in total. The van der Waals surface area contributed by atoms with Gasteiger partial charge in [0.2, 0.25) is 26.6 Å². The van der Waals surface area contributed by atoms with E-state index in [4.69, 9.17) is 4.42 Å². The first kappa shape index (κ1) is 17.6. The maximum absolute atomic E-state index is 13.1. The van der Waals surface area contributed by atoms with Gasteiger partial charge in [-0.3, -0.25) is 0 Å². The Balaban J connectivity index is 2.10. The highest BCUT2D eigenvalue weighted by Crippen LogP contribution is 2.34. The van der Waals surface area contributed by atoms with Crippen molar-refractivity contribution in [2.75, 3.05) is 5.32 Å². The van der Waals surface area contributed by atoms with Crippen molar-refractivity contribution in [3.63, 3.8) is 0 Å². The summed E-state index contributed by atoms with van der Waals surface area (Å²) in [6.07, 6.45) is 0.783. The Kier molecular flexibility index (Phi) is 4.91. The van der Waals surface area contributed by atoms with Gasteiger partial charge >= 0.3 is 0 Å². The van der Waals surface area contributed by atoms with E-state index in [1.165, 1.54) is 23.5 Å². The molecule has 8 heteroatoms. The van der Waals surface area contributed by atoms with E-state index in [-0.39, 0.29) is 27.7 Å². The number of nitrogens with zero attached hydrogens (tertiary/aromatic N) is 1. The van der Waals surface area contributed by atoms with Gasteiger partial charge in [-0.15, -0.1) is 11.3 Å². The normalized spacial score (nSPS) is 12.9. The second-order valence-corrected chi connectivity index (χ2v) is 8.35. The third-order valence-electron chi connectivity index (χ3n) is 3.70. The number of hydrogen-bond acceptors (Lipinski definition) is 6. The zero-order valence-corrected chi connectivity index (χ0v) is 15.3. The molecule has 5 nitrogen and oxygen atoms in total. The number of anilines is 1. The summed E-state index contributed by atoms with van der Waals surface area (Å²) in [5.41, 5.74) is 0. The van der Waals surface area contributed by atoms with Crippen LogP contribution in [0.1, 0.15) is 20.3 Å².